The van der Waals surface area contributed by atoms with Crippen molar-refractivity contribution in [2.24, 2.45) is 5.92 Å². The quantitative estimate of drug-likeness (QED) is 0.846. The van der Waals surface area contributed by atoms with E-state index in [0.717, 1.165) is 0 Å². The van der Waals surface area contributed by atoms with Crippen LogP contribution in [-0.4, -0.2) is 23.2 Å². The van der Waals surface area contributed by atoms with E-state index in [1.54, 1.807) is 13.0 Å². The van der Waals surface area contributed by atoms with Crippen molar-refractivity contribution in [1.82, 2.24) is 5.32 Å². The van der Waals surface area contributed by atoms with Crippen molar-refractivity contribution in [3.8, 4) is 0 Å². The topological polar surface area (TPSA) is 49.3 Å². The minimum Gasteiger partial charge on any atom is -0.388 e. The van der Waals surface area contributed by atoms with Gasteiger partial charge in [0.05, 0.1) is 11.2 Å². The number of nitrogens with one attached hydrogen (secondary N) is 1. The van der Waals surface area contributed by atoms with Crippen LogP contribution in [0.15, 0.2) is 24.3 Å². The lowest BCUT2D eigenvalue weighted by atomic mass is 9.94. The monoisotopic (exact) mass is 253 g/mol. The van der Waals surface area contributed by atoms with Crippen LogP contribution in [0.5, 0.6) is 0 Å². The third-order valence-electron chi connectivity index (χ3n) is 2.60. The van der Waals surface area contributed by atoms with E-state index in [1.165, 1.54) is 18.2 Å². The second kappa shape index (κ2) is 5.96. The average molecular weight is 253 g/mol. The van der Waals surface area contributed by atoms with Crippen LogP contribution in [0.2, 0.25) is 0 Å². The molecule has 2 N–H and O–H groups in total. The molecule has 0 aromatic heterocycles. The summed E-state index contributed by atoms with van der Waals surface area (Å²) in [4.78, 5) is 11.7. The number of hydrogen-bond acceptors (Lipinski definition) is 2. The van der Waals surface area contributed by atoms with Crippen molar-refractivity contribution < 1.29 is 14.3 Å². The van der Waals surface area contributed by atoms with Crippen molar-refractivity contribution in [3.05, 3.63) is 35.6 Å². The largest absolute Gasteiger partial charge is 0.388 e. The average Bonchev–Trinajstić information content (AvgIpc) is 2.25. The number of carbonyl (C=O) groups is 1. The van der Waals surface area contributed by atoms with Crippen LogP contribution in [0.1, 0.15) is 37.6 Å². The predicted molar refractivity (Wildman–Crippen MR) is 68.8 cm³/mol. The molecule has 0 fully saturated rings. The molecule has 1 aromatic rings. The fraction of sp³-hybridized carbons (Fsp3) is 0.500. The Hall–Kier alpha value is -1.42. The van der Waals surface area contributed by atoms with Crippen LogP contribution in [0.4, 0.5) is 4.39 Å². The van der Waals surface area contributed by atoms with Crippen LogP contribution in [0.25, 0.3) is 0 Å². The second-order valence-electron chi connectivity index (χ2n) is 5.26. The van der Waals surface area contributed by atoms with Crippen molar-refractivity contribution in [2.45, 2.75) is 32.8 Å². The molecule has 1 rings (SSSR count). The Bertz CT molecular complexity index is 416. The SMILES string of the molecule is CC(C)CC(C)(O)CNC(=O)c1ccccc1F. The molecule has 4 heteroatoms. The minimum atomic E-state index is -0.977. The third kappa shape index (κ3) is 4.45. The Morgan fingerprint density at radius 1 is 1.44 bits per heavy atom. The molecule has 0 saturated heterocycles. The fourth-order valence-corrected chi connectivity index (χ4v) is 1.96. The zero-order chi connectivity index (χ0) is 13.8. The molecule has 0 bridgehead atoms. The lowest BCUT2D eigenvalue weighted by molar-refractivity contribution is 0.0367. The molecule has 18 heavy (non-hydrogen) atoms. The van der Waals surface area contributed by atoms with Gasteiger partial charge in [-0.05, 0) is 31.4 Å². The van der Waals surface area contributed by atoms with Gasteiger partial charge in [0.15, 0.2) is 0 Å². The number of rotatable bonds is 5. The summed E-state index contributed by atoms with van der Waals surface area (Å²) < 4.78 is 13.3. The minimum absolute atomic E-state index is 0.00199. The van der Waals surface area contributed by atoms with Crippen molar-refractivity contribution in [3.63, 3.8) is 0 Å². The van der Waals surface area contributed by atoms with E-state index in [9.17, 15) is 14.3 Å². The van der Waals surface area contributed by atoms with Crippen molar-refractivity contribution in [1.29, 1.82) is 0 Å². The first-order chi connectivity index (χ1) is 8.32. The van der Waals surface area contributed by atoms with Gasteiger partial charge in [0.2, 0.25) is 0 Å². The molecule has 1 amide bonds. The number of benzene rings is 1. The van der Waals surface area contributed by atoms with Crippen LogP contribution in [-0.2, 0) is 0 Å². The summed E-state index contributed by atoms with van der Waals surface area (Å²) in [6.07, 6.45) is 0.574. The Morgan fingerprint density at radius 2 is 2.06 bits per heavy atom. The van der Waals surface area contributed by atoms with Gasteiger partial charge in [0, 0.05) is 6.54 Å². The Balaban J connectivity index is 2.59. The first-order valence-electron chi connectivity index (χ1n) is 6.07. The number of amides is 1. The molecule has 0 spiro atoms. The maximum Gasteiger partial charge on any atom is 0.254 e. The third-order valence-corrected chi connectivity index (χ3v) is 2.60. The highest BCUT2D eigenvalue weighted by molar-refractivity contribution is 5.94. The van der Waals surface area contributed by atoms with E-state index < -0.39 is 17.3 Å². The highest BCUT2D eigenvalue weighted by Gasteiger charge is 2.23. The Morgan fingerprint density at radius 3 is 2.61 bits per heavy atom. The van der Waals surface area contributed by atoms with Crippen molar-refractivity contribution >= 4 is 5.91 Å². The summed E-state index contributed by atoms with van der Waals surface area (Å²) in [5, 5.41) is 12.6. The van der Waals surface area contributed by atoms with Gasteiger partial charge in [-0.15, -0.1) is 0 Å². The standard InChI is InChI=1S/C14H20FNO2/c1-10(2)8-14(3,18)9-16-13(17)11-6-4-5-7-12(11)15/h4-7,10,18H,8-9H2,1-3H3,(H,16,17). The van der Waals surface area contributed by atoms with Gasteiger partial charge in [0.1, 0.15) is 5.82 Å². The van der Waals surface area contributed by atoms with E-state index >= 15 is 0 Å². The molecule has 0 aliphatic carbocycles. The molecule has 100 valence electrons. The fourth-order valence-electron chi connectivity index (χ4n) is 1.96. The highest BCUT2D eigenvalue weighted by atomic mass is 19.1. The number of halogens is 1. The molecule has 0 heterocycles. The molecule has 1 atom stereocenters. The molecule has 1 aromatic carbocycles. The van der Waals surface area contributed by atoms with Crippen LogP contribution in [0.3, 0.4) is 0 Å². The Kier molecular flexibility index (Phi) is 4.84. The number of hydrogen-bond donors (Lipinski definition) is 2. The summed E-state index contributed by atoms with van der Waals surface area (Å²) in [6, 6.07) is 5.79. The smallest absolute Gasteiger partial charge is 0.254 e. The van der Waals surface area contributed by atoms with Gasteiger partial charge in [-0.3, -0.25) is 4.79 Å². The highest BCUT2D eigenvalue weighted by Crippen LogP contribution is 2.15. The first kappa shape index (κ1) is 14.6. The molecule has 3 nitrogen and oxygen atoms in total. The van der Waals surface area contributed by atoms with Crippen molar-refractivity contribution in [2.75, 3.05) is 6.54 Å². The van der Waals surface area contributed by atoms with Crippen LogP contribution >= 0.6 is 0 Å². The normalized spacial score (nSPS) is 14.3. The Labute approximate surface area is 107 Å². The molecule has 1 unspecified atom stereocenters. The molecule has 0 radical (unpaired) electrons. The second-order valence-corrected chi connectivity index (χ2v) is 5.26. The molecular formula is C14H20FNO2. The summed E-state index contributed by atoms with van der Waals surface area (Å²) in [6.45, 7) is 5.76. The maximum atomic E-state index is 13.3. The van der Waals surface area contributed by atoms with Gasteiger partial charge in [-0.1, -0.05) is 26.0 Å². The summed E-state index contributed by atoms with van der Waals surface area (Å²) in [5.74, 6) is -0.735. The van der Waals surface area contributed by atoms with Gasteiger partial charge >= 0.3 is 0 Å². The lowest BCUT2D eigenvalue weighted by Crippen LogP contribution is -2.41. The van der Waals surface area contributed by atoms with E-state index in [2.05, 4.69) is 5.32 Å². The van der Waals surface area contributed by atoms with E-state index in [1.807, 2.05) is 13.8 Å². The predicted octanol–water partition coefficient (Wildman–Crippen LogP) is 2.35. The molecule has 0 saturated carbocycles. The number of aliphatic hydroxyl groups is 1. The van der Waals surface area contributed by atoms with Gasteiger partial charge in [-0.2, -0.15) is 0 Å². The summed E-state index contributed by atoms with van der Waals surface area (Å²) in [5.41, 5.74) is -0.979. The number of carbonyl (C=O) groups excluding carboxylic acids is 1. The zero-order valence-electron chi connectivity index (χ0n) is 11.0. The van der Waals surface area contributed by atoms with E-state index in [0.29, 0.717) is 12.3 Å². The van der Waals surface area contributed by atoms with Gasteiger partial charge in [-0.25, -0.2) is 4.39 Å². The lowest BCUT2D eigenvalue weighted by Gasteiger charge is -2.25. The van der Waals surface area contributed by atoms with E-state index in [-0.39, 0.29) is 12.1 Å². The first-order valence-corrected chi connectivity index (χ1v) is 6.07. The molecule has 0 aliphatic heterocycles. The summed E-state index contributed by atoms with van der Waals surface area (Å²) >= 11 is 0. The molecular weight excluding hydrogens is 233 g/mol. The molecule has 0 aliphatic rings. The van der Waals surface area contributed by atoms with Gasteiger partial charge < -0.3 is 10.4 Å². The van der Waals surface area contributed by atoms with Crippen LogP contribution in [0, 0.1) is 11.7 Å². The maximum absolute atomic E-state index is 13.3. The zero-order valence-corrected chi connectivity index (χ0v) is 11.0. The van der Waals surface area contributed by atoms with E-state index in [4.69, 9.17) is 0 Å². The van der Waals surface area contributed by atoms with Crippen LogP contribution < -0.4 is 5.32 Å². The van der Waals surface area contributed by atoms with Gasteiger partial charge in [0.25, 0.3) is 5.91 Å². The summed E-state index contributed by atoms with van der Waals surface area (Å²) in [7, 11) is 0.